The lowest BCUT2D eigenvalue weighted by Crippen LogP contribution is -2.43. The van der Waals surface area contributed by atoms with Crippen molar-refractivity contribution in [2.24, 2.45) is 13.0 Å². The Morgan fingerprint density at radius 3 is 2.86 bits per heavy atom. The molecule has 1 amide bonds. The first-order valence-corrected chi connectivity index (χ1v) is 9.55. The van der Waals surface area contributed by atoms with Gasteiger partial charge in [0.15, 0.2) is 0 Å². The summed E-state index contributed by atoms with van der Waals surface area (Å²) in [5.74, 6) is 2.11. The lowest BCUT2D eigenvalue weighted by atomic mass is 9.97. The molecule has 0 fully saturated rings. The third-order valence-corrected chi connectivity index (χ3v) is 5.61. The molecular formula is C20H21N5O3. The van der Waals surface area contributed by atoms with Gasteiger partial charge in [-0.2, -0.15) is 5.10 Å². The number of aryl methyl sites for hydroxylation is 2. The second-order valence-corrected chi connectivity index (χ2v) is 7.43. The Hall–Kier alpha value is -3.16. The molecule has 1 atom stereocenters. The molecule has 0 spiro atoms. The van der Waals surface area contributed by atoms with Crippen molar-refractivity contribution in [3.63, 3.8) is 0 Å². The molecule has 0 radical (unpaired) electrons. The maximum absolute atomic E-state index is 13.1. The molecule has 3 aromatic rings. The first-order valence-electron chi connectivity index (χ1n) is 9.55. The molecule has 1 aromatic carbocycles. The van der Waals surface area contributed by atoms with Crippen molar-refractivity contribution in [3.8, 4) is 11.5 Å². The van der Waals surface area contributed by atoms with Crippen LogP contribution in [0.4, 0.5) is 0 Å². The molecular weight excluding hydrogens is 358 g/mol. The highest BCUT2D eigenvalue weighted by molar-refractivity contribution is 5.79. The van der Waals surface area contributed by atoms with E-state index in [2.05, 4.69) is 10.1 Å². The van der Waals surface area contributed by atoms with Gasteiger partial charge in [-0.05, 0) is 18.6 Å². The first-order chi connectivity index (χ1) is 13.6. The number of aromatic nitrogens is 4. The summed E-state index contributed by atoms with van der Waals surface area (Å²) in [6.07, 6.45) is 2.02. The molecule has 8 heteroatoms. The number of benzene rings is 1. The van der Waals surface area contributed by atoms with E-state index in [-0.39, 0.29) is 17.5 Å². The average molecular weight is 379 g/mol. The summed E-state index contributed by atoms with van der Waals surface area (Å²) in [5, 5.41) is 4.24. The highest BCUT2D eigenvalue weighted by Gasteiger charge is 2.33. The maximum Gasteiger partial charge on any atom is 0.345 e. The zero-order chi connectivity index (χ0) is 19.3. The van der Waals surface area contributed by atoms with Crippen LogP contribution in [-0.4, -0.2) is 36.7 Å². The van der Waals surface area contributed by atoms with Gasteiger partial charge in [-0.25, -0.2) is 14.5 Å². The molecule has 0 saturated carbocycles. The number of carbonyl (C=O) groups is 1. The van der Waals surface area contributed by atoms with E-state index in [0.717, 1.165) is 22.8 Å². The van der Waals surface area contributed by atoms with E-state index >= 15 is 0 Å². The van der Waals surface area contributed by atoms with Crippen molar-refractivity contribution in [2.45, 2.75) is 32.4 Å². The van der Waals surface area contributed by atoms with Gasteiger partial charge in [0.25, 0.3) is 0 Å². The fourth-order valence-corrected chi connectivity index (χ4v) is 4.09. The molecule has 2 aliphatic heterocycles. The highest BCUT2D eigenvalue weighted by atomic mass is 16.4. The summed E-state index contributed by atoms with van der Waals surface area (Å²) in [6, 6.07) is 9.78. The lowest BCUT2D eigenvalue weighted by Gasteiger charge is -2.31. The predicted octanol–water partition coefficient (Wildman–Crippen LogP) is 1.38. The van der Waals surface area contributed by atoms with Gasteiger partial charge in [0.1, 0.15) is 17.3 Å². The number of fused-ring (bicyclic) bond motifs is 2. The monoisotopic (exact) mass is 379 g/mol. The number of hydrogen-bond acceptors (Lipinski definition) is 5. The number of carbonyl (C=O) groups excluding carboxylic acids is 1. The van der Waals surface area contributed by atoms with Gasteiger partial charge >= 0.3 is 5.69 Å². The van der Waals surface area contributed by atoms with Crippen molar-refractivity contribution in [3.05, 3.63) is 58.1 Å². The molecule has 0 bridgehead atoms. The number of rotatable bonds is 2. The third kappa shape index (κ3) is 2.76. The molecule has 2 aromatic heterocycles. The van der Waals surface area contributed by atoms with Crippen LogP contribution in [0, 0.1) is 5.92 Å². The van der Waals surface area contributed by atoms with Crippen LogP contribution in [0.5, 0.6) is 0 Å². The van der Waals surface area contributed by atoms with E-state index in [4.69, 9.17) is 4.42 Å². The van der Waals surface area contributed by atoms with E-state index < -0.39 is 0 Å². The van der Waals surface area contributed by atoms with Crippen LogP contribution in [0.3, 0.4) is 0 Å². The SMILES string of the molecule is Cn1nc2n(c1=O)CC(C(=O)N1CCc3oc(-c4ccccc4)nc3C1)CC2. The van der Waals surface area contributed by atoms with E-state index in [1.807, 2.05) is 35.2 Å². The van der Waals surface area contributed by atoms with E-state index in [0.29, 0.717) is 44.8 Å². The quantitative estimate of drug-likeness (QED) is 0.672. The Bertz CT molecular complexity index is 1090. The molecule has 28 heavy (non-hydrogen) atoms. The fourth-order valence-electron chi connectivity index (χ4n) is 4.09. The number of hydrogen-bond donors (Lipinski definition) is 0. The minimum absolute atomic E-state index is 0.0799. The standard InChI is InChI=1S/C20H21N5O3/c1-23-20(27)25-11-14(7-8-17(25)22-23)19(26)24-10-9-16-15(12-24)21-18(28-16)13-5-3-2-4-6-13/h2-6,14H,7-12H2,1H3. The topological polar surface area (TPSA) is 86.2 Å². The normalized spacial score (nSPS) is 18.6. The van der Waals surface area contributed by atoms with Crippen LogP contribution in [0.25, 0.3) is 11.5 Å². The molecule has 4 heterocycles. The van der Waals surface area contributed by atoms with Crippen LogP contribution in [-0.2, 0) is 37.8 Å². The van der Waals surface area contributed by atoms with Crippen LogP contribution in [0.1, 0.15) is 23.7 Å². The van der Waals surface area contributed by atoms with Crippen LogP contribution in [0.2, 0.25) is 0 Å². The zero-order valence-corrected chi connectivity index (χ0v) is 15.7. The van der Waals surface area contributed by atoms with Crippen molar-refractivity contribution >= 4 is 5.91 Å². The van der Waals surface area contributed by atoms with Crippen LogP contribution >= 0.6 is 0 Å². The Labute approximate surface area is 161 Å². The molecule has 8 nitrogen and oxygen atoms in total. The fraction of sp³-hybridized carbons (Fsp3) is 0.400. The second-order valence-electron chi connectivity index (χ2n) is 7.43. The van der Waals surface area contributed by atoms with Gasteiger partial charge < -0.3 is 9.32 Å². The Balaban J connectivity index is 1.34. The maximum atomic E-state index is 13.1. The summed E-state index contributed by atoms with van der Waals surface area (Å²) in [5.41, 5.74) is 1.61. The van der Waals surface area contributed by atoms with E-state index in [9.17, 15) is 9.59 Å². The van der Waals surface area contributed by atoms with Crippen molar-refractivity contribution in [2.75, 3.05) is 6.54 Å². The molecule has 0 aliphatic carbocycles. The number of amides is 1. The van der Waals surface area contributed by atoms with Crippen molar-refractivity contribution in [1.29, 1.82) is 0 Å². The summed E-state index contributed by atoms with van der Waals surface area (Å²) < 4.78 is 8.90. The third-order valence-electron chi connectivity index (χ3n) is 5.61. The summed E-state index contributed by atoms with van der Waals surface area (Å²) in [7, 11) is 1.64. The Morgan fingerprint density at radius 2 is 2.04 bits per heavy atom. The Kier molecular flexibility index (Phi) is 3.92. The predicted molar refractivity (Wildman–Crippen MR) is 100 cm³/mol. The zero-order valence-electron chi connectivity index (χ0n) is 15.7. The van der Waals surface area contributed by atoms with Crippen molar-refractivity contribution in [1.82, 2.24) is 24.2 Å². The largest absolute Gasteiger partial charge is 0.441 e. The second kappa shape index (κ2) is 6.47. The minimum atomic E-state index is -0.198. The van der Waals surface area contributed by atoms with Gasteiger partial charge in [0.05, 0.1) is 12.5 Å². The number of nitrogens with zero attached hydrogens (tertiary/aromatic N) is 5. The van der Waals surface area contributed by atoms with Crippen molar-refractivity contribution < 1.29 is 9.21 Å². The summed E-state index contributed by atoms with van der Waals surface area (Å²) >= 11 is 0. The Morgan fingerprint density at radius 1 is 1.21 bits per heavy atom. The van der Waals surface area contributed by atoms with Gasteiger partial charge in [-0.15, -0.1) is 0 Å². The molecule has 1 unspecified atom stereocenters. The molecule has 144 valence electrons. The van der Waals surface area contributed by atoms with Gasteiger partial charge in [0, 0.05) is 38.5 Å². The van der Waals surface area contributed by atoms with Gasteiger partial charge in [-0.3, -0.25) is 9.36 Å². The number of oxazole rings is 1. The molecule has 0 N–H and O–H groups in total. The van der Waals surface area contributed by atoms with Crippen LogP contribution in [0.15, 0.2) is 39.5 Å². The molecule has 0 saturated heterocycles. The minimum Gasteiger partial charge on any atom is -0.441 e. The average Bonchev–Trinajstić information content (AvgIpc) is 3.28. The lowest BCUT2D eigenvalue weighted by molar-refractivity contribution is -0.137. The van der Waals surface area contributed by atoms with Gasteiger partial charge in [-0.1, -0.05) is 18.2 Å². The van der Waals surface area contributed by atoms with Gasteiger partial charge in [0.2, 0.25) is 11.8 Å². The smallest absolute Gasteiger partial charge is 0.345 e. The van der Waals surface area contributed by atoms with Crippen LogP contribution < -0.4 is 5.69 Å². The molecule has 2 aliphatic rings. The van der Waals surface area contributed by atoms with E-state index in [1.54, 1.807) is 11.6 Å². The summed E-state index contributed by atoms with van der Waals surface area (Å²) in [6.45, 7) is 1.47. The summed E-state index contributed by atoms with van der Waals surface area (Å²) in [4.78, 5) is 31.7. The highest BCUT2D eigenvalue weighted by Crippen LogP contribution is 2.28. The van der Waals surface area contributed by atoms with E-state index in [1.165, 1.54) is 4.68 Å². The first kappa shape index (κ1) is 17.0. The molecule has 5 rings (SSSR count).